The maximum absolute atomic E-state index is 12.0. The molecule has 0 aromatic carbocycles. The topological polar surface area (TPSA) is 78.4 Å². The van der Waals surface area contributed by atoms with Crippen LogP contribution in [0.15, 0.2) is 0 Å². The molecule has 1 saturated carbocycles. The Hall–Kier alpha value is -1.70. The number of carboxylic acids is 1. The van der Waals surface area contributed by atoms with Crippen molar-refractivity contribution in [2.24, 2.45) is 0 Å². The molecular weight excluding hydrogens is 244 g/mol. The zero-order valence-corrected chi connectivity index (χ0v) is 11.6. The molecule has 0 atom stereocenters. The van der Waals surface area contributed by atoms with Crippen LogP contribution in [0.5, 0.6) is 0 Å². The van der Waals surface area contributed by atoms with Crippen LogP contribution in [-0.4, -0.2) is 28.2 Å². The molecule has 3 N–H and O–H groups in total. The summed E-state index contributed by atoms with van der Waals surface area (Å²) in [5, 5.41) is 14.5. The summed E-state index contributed by atoms with van der Waals surface area (Å²) >= 11 is 0. The highest BCUT2D eigenvalue weighted by atomic mass is 16.4. The van der Waals surface area contributed by atoms with E-state index in [0.717, 1.165) is 19.3 Å². The van der Waals surface area contributed by atoms with E-state index in [1.54, 1.807) is 13.8 Å². The zero-order valence-electron chi connectivity index (χ0n) is 11.6. The number of amides is 2. The van der Waals surface area contributed by atoms with Crippen molar-refractivity contribution in [2.75, 3.05) is 0 Å². The van der Waals surface area contributed by atoms with Crippen molar-refractivity contribution in [3.05, 3.63) is 0 Å². The number of carbonyl (C=O) groups excluding carboxylic acids is 1. The fraction of sp³-hybridized carbons (Fsp3) is 0.714. The van der Waals surface area contributed by atoms with Crippen molar-refractivity contribution in [2.45, 2.75) is 63.5 Å². The summed E-state index contributed by atoms with van der Waals surface area (Å²) in [6.07, 6.45) is 9.62. The Balaban J connectivity index is 2.70. The van der Waals surface area contributed by atoms with Crippen molar-refractivity contribution in [3.8, 4) is 12.3 Å². The Bertz CT molecular complexity index is 390. The van der Waals surface area contributed by atoms with Crippen LogP contribution in [0.3, 0.4) is 0 Å². The molecule has 0 heterocycles. The van der Waals surface area contributed by atoms with Gasteiger partial charge in [-0.15, -0.1) is 6.42 Å². The van der Waals surface area contributed by atoms with Gasteiger partial charge in [0.1, 0.15) is 0 Å². The highest BCUT2D eigenvalue weighted by molar-refractivity contribution is 5.77. The lowest BCUT2D eigenvalue weighted by molar-refractivity contribution is -0.139. The molecule has 0 aliphatic heterocycles. The van der Waals surface area contributed by atoms with E-state index >= 15 is 0 Å². The van der Waals surface area contributed by atoms with E-state index in [4.69, 9.17) is 11.5 Å². The molecule has 0 bridgehead atoms. The van der Waals surface area contributed by atoms with Gasteiger partial charge in [-0.3, -0.25) is 4.79 Å². The molecule has 5 heteroatoms. The molecule has 0 aromatic heterocycles. The molecule has 0 spiro atoms. The predicted molar refractivity (Wildman–Crippen MR) is 72.6 cm³/mol. The molecule has 1 aliphatic carbocycles. The highest BCUT2D eigenvalue weighted by Crippen LogP contribution is 2.31. The molecule has 0 unspecified atom stereocenters. The van der Waals surface area contributed by atoms with Crippen molar-refractivity contribution in [1.82, 2.24) is 10.6 Å². The second-order valence-corrected chi connectivity index (χ2v) is 5.76. The van der Waals surface area contributed by atoms with Crippen LogP contribution in [0.4, 0.5) is 4.79 Å². The second kappa shape index (κ2) is 5.96. The molecule has 1 aliphatic rings. The van der Waals surface area contributed by atoms with Gasteiger partial charge in [0.15, 0.2) is 0 Å². The molecule has 2 amide bonds. The lowest BCUT2D eigenvalue weighted by Crippen LogP contribution is -2.57. The minimum Gasteiger partial charge on any atom is -0.481 e. The number of urea groups is 1. The third kappa shape index (κ3) is 4.82. The first-order chi connectivity index (χ1) is 8.79. The predicted octanol–water partition coefficient (Wildman–Crippen LogP) is 1.87. The van der Waals surface area contributed by atoms with E-state index in [2.05, 4.69) is 16.6 Å². The maximum atomic E-state index is 12.0. The van der Waals surface area contributed by atoms with Gasteiger partial charge in [0.25, 0.3) is 0 Å². The van der Waals surface area contributed by atoms with Gasteiger partial charge < -0.3 is 15.7 Å². The summed E-state index contributed by atoms with van der Waals surface area (Å²) in [6.45, 7) is 3.44. The van der Waals surface area contributed by atoms with Gasteiger partial charge in [0.2, 0.25) is 0 Å². The van der Waals surface area contributed by atoms with Crippen molar-refractivity contribution in [1.29, 1.82) is 0 Å². The summed E-state index contributed by atoms with van der Waals surface area (Å²) in [4.78, 5) is 23.0. The van der Waals surface area contributed by atoms with Crippen molar-refractivity contribution >= 4 is 12.0 Å². The lowest BCUT2D eigenvalue weighted by Gasteiger charge is -2.37. The van der Waals surface area contributed by atoms with Gasteiger partial charge >= 0.3 is 12.0 Å². The van der Waals surface area contributed by atoms with Gasteiger partial charge in [-0.25, -0.2) is 4.79 Å². The number of terminal acetylenes is 1. The molecule has 0 aromatic rings. The second-order valence-electron chi connectivity index (χ2n) is 5.76. The average Bonchev–Trinajstić information content (AvgIpc) is 2.27. The van der Waals surface area contributed by atoms with E-state index in [9.17, 15) is 9.59 Å². The lowest BCUT2D eigenvalue weighted by atomic mass is 9.79. The number of hydrogen-bond donors (Lipinski definition) is 3. The minimum atomic E-state index is -0.890. The Morgan fingerprint density at radius 3 is 2.37 bits per heavy atom. The van der Waals surface area contributed by atoms with Crippen molar-refractivity contribution < 1.29 is 14.7 Å². The first kappa shape index (κ1) is 15.4. The fourth-order valence-electron chi connectivity index (χ4n) is 2.46. The summed E-state index contributed by atoms with van der Waals surface area (Å²) in [6, 6.07) is -0.397. The first-order valence-electron chi connectivity index (χ1n) is 6.58. The van der Waals surface area contributed by atoms with E-state index in [0.29, 0.717) is 12.8 Å². The largest absolute Gasteiger partial charge is 0.481 e. The van der Waals surface area contributed by atoms with Gasteiger partial charge in [0, 0.05) is 0 Å². The van der Waals surface area contributed by atoms with Crippen LogP contribution in [0.2, 0.25) is 0 Å². The van der Waals surface area contributed by atoms with Gasteiger partial charge in [-0.2, -0.15) is 0 Å². The smallest absolute Gasteiger partial charge is 0.316 e. The Morgan fingerprint density at radius 1 is 1.32 bits per heavy atom. The standard InChI is InChI=1S/C14H22N2O3/c1-4-13(2,3)15-12(19)16-14(10-11(17)18)8-6-5-7-9-14/h1H,5-10H2,2-3H3,(H,17,18)(H2,15,16,19). The summed E-state index contributed by atoms with van der Waals surface area (Å²) < 4.78 is 0. The van der Waals surface area contributed by atoms with E-state index in [1.165, 1.54) is 0 Å². The molecule has 1 fully saturated rings. The van der Waals surface area contributed by atoms with Gasteiger partial charge in [-0.1, -0.05) is 25.2 Å². The molecular formula is C14H22N2O3. The molecule has 0 saturated heterocycles. The molecule has 106 valence electrons. The molecule has 5 nitrogen and oxygen atoms in total. The Labute approximate surface area is 114 Å². The number of carboxylic acid groups (broad SMARTS) is 1. The fourth-order valence-corrected chi connectivity index (χ4v) is 2.46. The zero-order chi connectivity index (χ0) is 14.5. The monoisotopic (exact) mass is 266 g/mol. The number of aliphatic carboxylic acids is 1. The normalized spacial score (nSPS) is 18.2. The number of nitrogens with one attached hydrogen (secondary N) is 2. The first-order valence-corrected chi connectivity index (χ1v) is 6.58. The van der Waals surface area contributed by atoms with E-state index in [-0.39, 0.29) is 6.42 Å². The average molecular weight is 266 g/mol. The Kier molecular flexibility index (Phi) is 4.82. The number of hydrogen-bond acceptors (Lipinski definition) is 2. The summed E-state index contributed by atoms with van der Waals surface area (Å²) in [7, 11) is 0. The van der Waals surface area contributed by atoms with Crippen molar-refractivity contribution in [3.63, 3.8) is 0 Å². The van der Waals surface area contributed by atoms with Gasteiger partial charge in [-0.05, 0) is 26.7 Å². The molecule has 1 rings (SSSR count). The quantitative estimate of drug-likeness (QED) is 0.680. The van der Waals surface area contributed by atoms with Crippen LogP contribution in [-0.2, 0) is 4.79 Å². The number of carbonyl (C=O) groups is 2. The van der Waals surface area contributed by atoms with Gasteiger partial charge in [0.05, 0.1) is 17.5 Å². The molecule has 0 radical (unpaired) electrons. The van der Waals surface area contributed by atoms with Crippen LogP contribution < -0.4 is 10.6 Å². The van der Waals surface area contributed by atoms with E-state index < -0.39 is 23.1 Å². The summed E-state index contributed by atoms with van der Waals surface area (Å²) in [5.74, 6) is 1.58. The SMILES string of the molecule is C#CC(C)(C)NC(=O)NC1(CC(=O)O)CCCCC1. The third-order valence-corrected chi connectivity index (χ3v) is 3.47. The van der Waals surface area contributed by atoms with Crippen LogP contribution in [0.1, 0.15) is 52.4 Å². The van der Waals surface area contributed by atoms with Crippen LogP contribution >= 0.6 is 0 Å². The van der Waals surface area contributed by atoms with Crippen LogP contribution in [0, 0.1) is 12.3 Å². The Morgan fingerprint density at radius 2 is 1.89 bits per heavy atom. The highest BCUT2D eigenvalue weighted by Gasteiger charge is 2.36. The van der Waals surface area contributed by atoms with Crippen LogP contribution in [0.25, 0.3) is 0 Å². The maximum Gasteiger partial charge on any atom is 0.316 e. The number of rotatable bonds is 4. The minimum absolute atomic E-state index is 0.0447. The summed E-state index contributed by atoms with van der Waals surface area (Å²) in [5.41, 5.74) is -1.39. The third-order valence-electron chi connectivity index (χ3n) is 3.47. The molecule has 19 heavy (non-hydrogen) atoms. The van der Waals surface area contributed by atoms with E-state index in [1.807, 2.05) is 0 Å².